The maximum atomic E-state index is 11.3. The summed E-state index contributed by atoms with van der Waals surface area (Å²) in [4.78, 5) is 15.5. The average molecular weight is 327 g/mol. The van der Waals surface area contributed by atoms with Crippen LogP contribution in [0, 0.1) is 6.92 Å². The van der Waals surface area contributed by atoms with Gasteiger partial charge in [0.05, 0.1) is 0 Å². The van der Waals surface area contributed by atoms with Gasteiger partial charge in [-0.05, 0) is 36.5 Å². The normalized spacial score (nSPS) is 12.3. The van der Waals surface area contributed by atoms with Crippen LogP contribution in [0.25, 0.3) is 0 Å². The number of aliphatic carboxylic acids is 1. The molecule has 1 aromatic heterocycles. The van der Waals surface area contributed by atoms with Gasteiger partial charge in [0.15, 0.2) is 0 Å². The molecule has 94 valence electrons. The molecule has 0 amide bonds. The van der Waals surface area contributed by atoms with E-state index in [1.54, 1.807) is 6.92 Å². The molecule has 6 heteroatoms. The number of hydrogen-bond acceptors (Lipinski definition) is 4. The Hall–Kier alpha value is -1.27. The van der Waals surface area contributed by atoms with Crippen LogP contribution < -0.4 is 0 Å². The Labute approximate surface area is 117 Å². The second kappa shape index (κ2) is 5.58. The fourth-order valence-corrected chi connectivity index (χ4v) is 2.82. The second-order valence-electron chi connectivity index (χ2n) is 3.87. The van der Waals surface area contributed by atoms with Crippen molar-refractivity contribution >= 4 is 33.4 Å². The van der Waals surface area contributed by atoms with Crippen molar-refractivity contribution < 1.29 is 9.90 Å². The predicted octanol–water partition coefficient (Wildman–Crippen LogP) is 3.02. The number of halogens is 1. The van der Waals surface area contributed by atoms with E-state index in [4.69, 9.17) is 0 Å². The summed E-state index contributed by atoms with van der Waals surface area (Å²) >= 11 is 4.58. The zero-order valence-corrected chi connectivity index (χ0v) is 12.0. The maximum absolute atomic E-state index is 11.3. The predicted molar refractivity (Wildman–Crippen MR) is 72.9 cm³/mol. The highest BCUT2D eigenvalue weighted by Crippen LogP contribution is 2.26. The maximum Gasteiger partial charge on any atom is 0.313 e. The summed E-state index contributed by atoms with van der Waals surface area (Å²) in [6.45, 7) is 1.76. The number of aryl methyl sites for hydroxylation is 1. The summed E-state index contributed by atoms with van der Waals surface area (Å²) in [6, 6.07) is 7.61. The third-order valence-corrected chi connectivity index (χ3v) is 4.21. The van der Waals surface area contributed by atoms with E-state index in [0.717, 1.165) is 21.6 Å². The Bertz CT molecular complexity index is 571. The summed E-state index contributed by atoms with van der Waals surface area (Å²) in [6.07, 6.45) is 0.408. The fourth-order valence-electron chi connectivity index (χ4n) is 1.62. The molecule has 4 nitrogen and oxygen atoms in total. The first-order valence-electron chi connectivity index (χ1n) is 5.34. The molecule has 1 heterocycles. The van der Waals surface area contributed by atoms with Crippen molar-refractivity contribution in [3.8, 4) is 0 Å². The van der Waals surface area contributed by atoms with Crippen LogP contribution in [0.5, 0.6) is 0 Å². The Morgan fingerprint density at radius 1 is 1.50 bits per heavy atom. The lowest BCUT2D eigenvalue weighted by molar-refractivity contribution is -0.138. The highest BCUT2D eigenvalue weighted by molar-refractivity contribution is 9.10. The number of hydrogen-bond donors (Lipinski definition) is 1. The zero-order chi connectivity index (χ0) is 13.1. The van der Waals surface area contributed by atoms with Gasteiger partial charge in [0.25, 0.3) is 0 Å². The van der Waals surface area contributed by atoms with Crippen molar-refractivity contribution in [2.45, 2.75) is 19.3 Å². The molecule has 0 radical (unpaired) electrons. The van der Waals surface area contributed by atoms with Gasteiger partial charge in [-0.1, -0.05) is 34.1 Å². The van der Waals surface area contributed by atoms with Crippen LogP contribution in [0.1, 0.15) is 22.3 Å². The van der Waals surface area contributed by atoms with Crippen LogP contribution in [0.3, 0.4) is 0 Å². The van der Waals surface area contributed by atoms with Crippen molar-refractivity contribution in [3.05, 3.63) is 45.1 Å². The lowest BCUT2D eigenvalue weighted by atomic mass is 10.0. The lowest BCUT2D eigenvalue weighted by Crippen LogP contribution is -2.14. The zero-order valence-electron chi connectivity index (χ0n) is 9.63. The number of nitrogens with zero attached hydrogens (tertiary/aromatic N) is 2. The van der Waals surface area contributed by atoms with Crippen LogP contribution >= 0.6 is 27.5 Å². The van der Waals surface area contributed by atoms with E-state index in [9.17, 15) is 9.90 Å². The minimum absolute atomic E-state index is 0.408. The van der Waals surface area contributed by atoms with Gasteiger partial charge in [0, 0.05) is 4.47 Å². The third-order valence-electron chi connectivity index (χ3n) is 2.52. The van der Waals surface area contributed by atoms with Crippen LogP contribution in [0.15, 0.2) is 28.7 Å². The van der Waals surface area contributed by atoms with Gasteiger partial charge in [-0.3, -0.25) is 4.79 Å². The fraction of sp³-hybridized carbons (Fsp3) is 0.250. The van der Waals surface area contributed by atoms with E-state index in [-0.39, 0.29) is 0 Å². The van der Waals surface area contributed by atoms with Gasteiger partial charge in [-0.15, -0.1) is 0 Å². The Morgan fingerprint density at radius 3 is 2.78 bits per heavy atom. The molecule has 1 N–H and O–H groups in total. The van der Waals surface area contributed by atoms with Crippen molar-refractivity contribution in [2.24, 2.45) is 0 Å². The first-order chi connectivity index (χ1) is 8.58. The summed E-state index contributed by atoms with van der Waals surface area (Å²) in [5.74, 6) is -0.898. The summed E-state index contributed by atoms with van der Waals surface area (Å²) < 4.78 is 4.95. The molecule has 1 unspecified atom stereocenters. The van der Waals surface area contributed by atoms with Crippen molar-refractivity contribution in [1.82, 2.24) is 9.36 Å². The summed E-state index contributed by atoms with van der Waals surface area (Å²) in [5.41, 5.74) is 0.956. The van der Waals surface area contributed by atoms with Gasteiger partial charge in [0.1, 0.15) is 16.7 Å². The first-order valence-corrected chi connectivity index (χ1v) is 6.91. The molecule has 2 rings (SSSR count). The van der Waals surface area contributed by atoms with E-state index in [0.29, 0.717) is 17.3 Å². The minimum Gasteiger partial charge on any atom is -0.481 e. The number of aromatic nitrogens is 2. The van der Waals surface area contributed by atoms with Gasteiger partial charge < -0.3 is 5.11 Å². The van der Waals surface area contributed by atoms with E-state index >= 15 is 0 Å². The monoisotopic (exact) mass is 326 g/mol. The number of carboxylic acids is 1. The van der Waals surface area contributed by atoms with E-state index < -0.39 is 11.9 Å². The number of benzene rings is 1. The van der Waals surface area contributed by atoms with Gasteiger partial charge in [0.2, 0.25) is 0 Å². The molecule has 0 spiro atoms. The average Bonchev–Trinajstić information content (AvgIpc) is 2.74. The highest BCUT2D eigenvalue weighted by Gasteiger charge is 2.24. The number of rotatable bonds is 4. The Morgan fingerprint density at radius 2 is 2.22 bits per heavy atom. The molecule has 0 fully saturated rings. The number of carbonyl (C=O) groups is 1. The summed E-state index contributed by atoms with van der Waals surface area (Å²) in [5, 5.41) is 9.86. The van der Waals surface area contributed by atoms with E-state index in [1.165, 1.54) is 0 Å². The second-order valence-corrected chi connectivity index (χ2v) is 5.50. The van der Waals surface area contributed by atoms with Gasteiger partial charge >= 0.3 is 5.97 Å². The molecule has 0 saturated carbocycles. The lowest BCUT2D eigenvalue weighted by Gasteiger charge is -2.10. The highest BCUT2D eigenvalue weighted by atomic mass is 79.9. The largest absolute Gasteiger partial charge is 0.481 e. The van der Waals surface area contributed by atoms with Crippen molar-refractivity contribution in [1.29, 1.82) is 0 Å². The SMILES string of the molecule is Cc1nsc(C(Cc2ccccc2Br)C(=O)O)n1. The van der Waals surface area contributed by atoms with E-state index in [1.807, 2.05) is 24.3 Å². The molecule has 0 aliphatic rings. The molecule has 0 aliphatic heterocycles. The van der Waals surface area contributed by atoms with Crippen molar-refractivity contribution in [3.63, 3.8) is 0 Å². The smallest absolute Gasteiger partial charge is 0.313 e. The topological polar surface area (TPSA) is 63.1 Å². The van der Waals surface area contributed by atoms with Crippen LogP contribution in [-0.4, -0.2) is 20.4 Å². The molecular formula is C12H11BrN2O2S. The molecule has 0 bridgehead atoms. The summed E-state index contributed by atoms with van der Waals surface area (Å²) in [7, 11) is 0. The van der Waals surface area contributed by atoms with Crippen molar-refractivity contribution in [2.75, 3.05) is 0 Å². The molecule has 0 aliphatic carbocycles. The molecule has 18 heavy (non-hydrogen) atoms. The number of carboxylic acid groups (broad SMARTS) is 1. The van der Waals surface area contributed by atoms with Crippen LogP contribution in [0.2, 0.25) is 0 Å². The molecule has 0 saturated heterocycles. The van der Waals surface area contributed by atoms with Gasteiger partial charge in [-0.2, -0.15) is 4.37 Å². The quantitative estimate of drug-likeness (QED) is 0.938. The molecule has 1 aromatic carbocycles. The molecule has 1 atom stereocenters. The first kappa shape index (κ1) is 13.2. The van der Waals surface area contributed by atoms with Crippen LogP contribution in [0.4, 0.5) is 0 Å². The van der Waals surface area contributed by atoms with Crippen LogP contribution in [-0.2, 0) is 11.2 Å². The standard InChI is InChI=1S/C12H11BrN2O2S/c1-7-14-11(18-15-7)9(12(16)17)6-8-4-2-3-5-10(8)13/h2-5,9H,6H2,1H3,(H,16,17). The molecular weight excluding hydrogens is 316 g/mol. The van der Waals surface area contributed by atoms with E-state index in [2.05, 4.69) is 25.3 Å². The molecule has 2 aromatic rings. The minimum atomic E-state index is -0.873. The Kier molecular flexibility index (Phi) is 4.08. The van der Waals surface area contributed by atoms with Gasteiger partial charge in [-0.25, -0.2) is 4.98 Å². The third kappa shape index (κ3) is 2.94. The Balaban J connectivity index is 2.28.